The summed E-state index contributed by atoms with van der Waals surface area (Å²) in [6.07, 6.45) is 1.45. The number of anilines is 2. The van der Waals surface area contributed by atoms with Crippen molar-refractivity contribution in [3.63, 3.8) is 0 Å². The minimum absolute atomic E-state index is 0.0206. The van der Waals surface area contributed by atoms with Crippen molar-refractivity contribution in [2.24, 2.45) is 5.92 Å². The summed E-state index contributed by atoms with van der Waals surface area (Å²) < 4.78 is 23.9. The van der Waals surface area contributed by atoms with Crippen LogP contribution in [0.4, 0.5) is 15.8 Å². The van der Waals surface area contributed by atoms with Crippen LogP contribution in [0.1, 0.15) is 46.6 Å². The summed E-state index contributed by atoms with van der Waals surface area (Å²) in [5.74, 6) is -0.355. The first-order chi connectivity index (χ1) is 21.0. The molecule has 236 valence electrons. The van der Waals surface area contributed by atoms with Crippen molar-refractivity contribution in [1.82, 2.24) is 10.6 Å². The maximum absolute atomic E-state index is 16.6. The Balaban J connectivity index is 1.55. The minimum atomic E-state index is -2.82. The fourth-order valence-electron chi connectivity index (χ4n) is 7.35. The van der Waals surface area contributed by atoms with E-state index in [2.05, 4.69) is 90.9 Å². The predicted molar refractivity (Wildman–Crippen MR) is 182 cm³/mol. The van der Waals surface area contributed by atoms with E-state index in [4.69, 9.17) is 4.43 Å². The van der Waals surface area contributed by atoms with Crippen molar-refractivity contribution in [3.05, 3.63) is 84.2 Å². The topological polar surface area (TPSA) is 56.8 Å². The molecule has 1 saturated heterocycles. The smallest absolute Gasteiger partial charge is 0.261 e. The molecule has 3 aromatic rings. The lowest BCUT2D eigenvalue weighted by molar-refractivity contribution is -0.124. The molecule has 1 fully saturated rings. The largest absolute Gasteiger partial charge is 0.405 e. The van der Waals surface area contributed by atoms with Gasteiger partial charge in [-0.1, -0.05) is 101 Å². The van der Waals surface area contributed by atoms with Crippen LogP contribution in [0.25, 0.3) is 0 Å². The zero-order valence-electron chi connectivity index (χ0n) is 27.4. The number of rotatable bonds is 8. The van der Waals surface area contributed by atoms with Gasteiger partial charge in [-0.3, -0.25) is 4.79 Å². The maximum Gasteiger partial charge on any atom is 0.261 e. The molecule has 3 atom stereocenters. The van der Waals surface area contributed by atoms with Gasteiger partial charge in [0.1, 0.15) is 6.04 Å². The monoisotopic (exact) mass is 616 g/mol. The van der Waals surface area contributed by atoms with E-state index in [0.717, 1.165) is 25.1 Å². The number of nitrogens with one attached hydrogen (secondary N) is 2. The zero-order chi connectivity index (χ0) is 31.6. The van der Waals surface area contributed by atoms with Crippen LogP contribution in [0.2, 0.25) is 5.04 Å². The standard InChI is InChI=1S/C36H49FN4O2Si/c1-25(2)33-35(42)39-28(22-26-18-19-31(32(37)34(26)40(33)7)41-21-20-27(23-41)38-6)24-43-44(36(3,4)5,29-14-10-8-11-15-29)30-16-12-9-13-17-30/h8-19,25,27-28,33,38H,20-24H2,1-7H3,(H,39,42)/t27-,28+,33+/m1/s1. The van der Waals surface area contributed by atoms with Crippen molar-refractivity contribution >= 4 is 36.0 Å². The van der Waals surface area contributed by atoms with Crippen LogP contribution in [0.15, 0.2) is 72.8 Å². The van der Waals surface area contributed by atoms with Gasteiger partial charge in [0.2, 0.25) is 5.91 Å². The van der Waals surface area contributed by atoms with Crippen molar-refractivity contribution < 1.29 is 13.6 Å². The predicted octanol–water partition coefficient (Wildman–Crippen LogP) is 4.70. The number of amides is 1. The number of benzene rings is 3. The highest BCUT2D eigenvalue weighted by molar-refractivity contribution is 6.99. The first-order valence-corrected chi connectivity index (χ1v) is 17.9. The quantitative estimate of drug-likeness (QED) is 0.360. The highest BCUT2D eigenvalue weighted by Gasteiger charge is 2.50. The fourth-order valence-corrected chi connectivity index (χ4v) is 12.0. The molecule has 5 rings (SSSR count). The molecule has 0 bridgehead atoms. The highest BCUT2D eigenvalue weighted by atomic mass is 28.4. The molecule has 0 spiro atoms. The molecule has 0 unspecified atom stereocenters. The summed E-state index contributed by atoms with van der Waals surface area (Å²) in [7, 11) is 0.990. The lowest BCUT2D eigenvalue weighted by Crippen LogP contribution is -2.67. The number of likely N-dealkylation sites (N-methyl/N-ethyl adjacent to an activating group) is 2. The van der Waals surface area contributed by atoms with E-state index >= 15 is 4.39 Å². The van der Waals surface area contributed by atoms with Crippen LogP contribution in [-0.4, -0.2) is 66.1 Å². The number of fused-ring (bicyclic) bond motifs is 1. The molecule has 44 heavy (non-hydrogen) atoms. The van der Waals surface area contributed by atoms with Crippen LogP contribution in [0.3, 0.4) is 0 Å². The van der Waals surface area contributed by atoms with Gasteiger partial charge in [0.05, 0.1) is 24.0 Å². The van der Waals surface area contributed by atoms with Crippen LogP contribution < -0.4 is 30.8 Å². The summed E-state index contributed by atoms with van der Waals surface area (Å²) in [6, 6.07) is 24.6. The lowest BCUT2D eigenvalue weighted by atomic mass is 9.94. The molecule has 2 aliphatic heterocycles. The number of carbonyl (C=O) groups is 1. The van der Waals surface area contributed by atoms with Gasteiger partial charge < -0.3 is 24.9 Å². The van der Waals surface area contributed by atoms with Crippen LogP contribution >= 0.6 is 0 Å². The first-order valence-electron chi connectivity index (χ1n) is 16.0. The molecule has 0 aliphatic carbocycles. The van der Waals surface area contributed by atoms with Gasteiger partial charge in [-0.2, -0.15) is 0 Å². The maximum atomic E-state index is 16.6. The Morgan fingerprint density at radius 2 is 1.64 bits per heavy atom. The third kappa shape index (κ3) is 6.04. The van der Waals surface area contributed by atoms with E-state index in [1.54, 1.807) is 0 Å². The number of halogens is 1. The molecule has 1 amide bonds. The van der Waals surface area contributed by atoms with E-state index in [9.17, 15) is 4.79 Å². The summed E-state index contributed by atoms with van der Waals surface area (Å²) in [5.41, 5.74) is 2.02. The molecule has 0 saturated carbocycles. The van der Waals surface area contributed by atoms with Crippen LogP contribution in [0.5, 0.6) is 0 Å². The third-order valence-corrected chi connectivity index (χ3v) is 14.5. The molecule has 2 N–H and O–H groups in total. The Morgan fingerprint density at radius 1 is 1.02 bits per heavy atom. The van der Waals surface area contributed by atoms with E-state index in [1.165, 1.54) is 10.4 Å². The number of nitrogens with zero attached hydrogens (tertiary/aromatic N) is 2. The van der Waals surface area contributed by atoms with Crippen LogP contribution in [0, 0.1) is 11.7 Å². The lowest BCUT2D eigenvalue weighted by Gasteiger charge is -2.44. The second kappa shape index (κ2) is 13.0. The van der Waals surface area contributed by atoms with Crippen molar-refractivity contribution in [3.8, 4) is 0 Å². The second-order valence-electron chi connectivity index (χ2n) is 13.8. The summed E-state index contributed by atoms with van der Waals surface area (Å²) in [5, 5.41) is 8.85. The molecular formula is C36H49FN4O2Si. The van der Waals surface area contributed by atoms with Gasteiger partial charge in [-0.25, -0.2) is 4.39 Å². The van der Waals surface area contributed by atoms with E-state index in [1.807, 2.05) is 51.0 Å². The Hall–Kier alpha value is -3.20. The van der Waals surface area contributed by atoms with Crippen molar-refractivity contribution in [2.75, 3.05) is 43.6 Å². The number of carbonyl (C=O) groups excluding carboxylic acids is 1. The zero-order valence-corrected chi connectivity index (χ0v) is 28.4. The Kier molecular flexibility index (Phi) is 9.54. The third-order valence-electron chi connectivity index (χ3n) is 9.52. The SMILES string of the molecule is CN[C@@H]1CCN(c2ccc3c(c2F)N(C)[C@@H](C(C)C)C(=O)N[C@H](CO[Si](c2ccccc2)(c2ccccc2)C(C)(C)C)C3)C1. The van der Waals surface area contributed by atoms with Gasteiger partial charge in [0.15, 0.2) is 5.82 Å². The molecule has 2 heterocycles. The summed E-state index contributed by atoms with van der Waals surface area (Å²) in [6.45, 7) is 12.7. The Labute approximate surface area is 264 Å². The molecule has 6 nitrogen and oxygen atoms in total. The summed E-state index contributed by atoms with van der Waals surface area (Å²) >= 11 is 0. The average molecular weight is 617 g/mol. The fraction of sp³-hybridized carbons (Fsp3) is 0.472. The summed E-state index contributed by atoms with van der Waals surface area (Å²) in [4.78, 5) is 17.9. The first kappa shape index (κ1) is 32.2. The minimum Gasteiger partial charge on any atom is -0.405 e. The van der Waals surface area contributed by atoms with E-state index in [0.29, 0.717) is 30.4 Å². The van der Waals surface area contributed by atoms with E-state index < -0.39 is 14.4 Å². The molecule has 0 radical (unpaired) electrons. The van der Waals surface area contributed by atoms with Gasteiger partial charge >= 0.3 is 0 Å². The van der Waals surface area contributed by atoms with Crippen LogP contribution in [-0.2, 0) is 15.6 Å². The number of hydrogen-bond acceptors (Lipinski definition) is 5. The van der Waals surface area contributed by atoms with Gasteiger partial charge in [0.25, 0.3) is 8.32 Å². The van der Waals surface area contributed by atoms with E-state index in [-0.39, 0.29) is 28.7 Å². The molecule has 8 heteroatoms. The molecule has 3 aromatic carbocycles. The molecule has 2 aliphatic rings. The Bertz CT molecular complexity index is 1390. The average Bonchev–Trinajstić information content (AvgIpc) is 3.46. The highest BCUT2D eigenvalue weighted by Crippen LogP contribution is 2.39. The van der Waals surface area contributed by atoms with Gasteiger partial charge in [-0.05, 0) is 52.8 Å². The van der Waals surface area contributed by atoms with Gasteiger partial charge in [-0.15, -0.1) is 0 Å². The van der Waals surface area contributed by atoms with Crippen molar-refractivity contribution in [1.29, 1.82) is 0 Å². The molecular weight excluding hydrogens is 568 g/mol. The molecule has 0 aromatic heterocycles. The van der Waals surface area contributed by atoms with Gasteiger partial charge in [0, 0.05) is 26.2 Å². The number of hydrogen-bond donors (Lipinski definition) is 2. The Morgan fingerprint density at radius 3 is 2.16 bits per heavy atom. The van der Waals surface area contributed by atoms with Crippen molar-refractivity contribution in [2.45, 2.75) is 70.6 Å². The second-order valence-corrected chi connectivity index (χ2v) is 18.1. The normalized spacial score (nSPS) is 21.2.